The van der Waals surface area contributed by atoms with E-state index in [4.69, 9.17) is 0 Å². The molecule has 0 unspecified atom stereocenters. The normalized spacial score (nSPS) is 26.7. The lowest BCUT2D eigenvalue weighted by atomic mass is 9.66. The predicted molar refractivity (Wildman–Crippen MR) is 79.5 cm³/mol. The summed E-state index contributed by atoms with van der Waals surface area (Å²) < 4.78 is 0. The van der Waals surface area contributed by atoms with Crippen LogP contribution in [0.1, 0.15) is 59.8 Å². The average molecular weight is 250 g/mol. The van der Waals surface area contributed by atoms with Gasteiger partial charge >= 0.3 is 0 Å². The highest BCUT2D eigenvalue weighted by Gasteiger charge is 2.35. The van der Waals surface area contributed by atoms with Crippen LogP contribution in [0, 0.1) is 17.3 Å². The van der Waals surface area contributed by atoms with Crippen molar-refractivity contribution in [1.29, 1.82) is 0 Å². The van der Waals surface area contributed by atoms with Gasteiger partial charge in [0.1, 0.15) is 0 Å². The van der Waals surface area contributed by atoms with Crippen LogP contribution in [0.3, 0.4) is 0 Å². The standard InChI is InChI=1S/C17H30O/c1-14(2)9-8-10-15(3)16(13-18)17(4)11-6-5-7-12-17/h6,9,11,15-16,18H,5,7-8,10,12-13H2,1-4H3/t15-,16-,17-/m1/s1. The zero-order valence-corrected chi connectivity index (χ0v) is 12.6. The van der Waals surface area contributed by atoms with E-state index in [0.29, 0.717) is 18.4 Å². The molecular formula is C17H30O. The fourth-order valence-corrected chi connectivity index (χ4v) is 3.22. The van der Waals surface area contributed by atoms with E-state index in [1.807, 2.05) is 0 Å². The van der Waals surface area contributed by atoms with Crippen molar-refractivity contribution in [2.24, 2.45) is 17.3 Å². The second kappa shape index (κ2) is 7.13. The maximum atomic E-state index is 9.77. The molecule has 1 heteroatoms. The first-order valence-corrected chi connectivity index (χ1v) is 7.41. The van der Waals surface area contributed by atoms with Crippen LogP contribution in [0.15, 0.2) is 23.8 Å². The summed E-state index contributed by atoms with van der Waals surface area (Å²) in [6.07, 6.45) is 13.0. The van der Waals surface area contributed by atoms with Crippen molar-refractivity contribution in [2.45, 2.75) is 59.8 Å². The zero-order chi connectivity index (χ0) is 13.6. The summed E-state index contributed by atoms with van der Waals surface area (Å²) >= 11 is 0. The van der Waals surface area contributed by atoms with Crippen LogP contribution in [0.25, 0.3) is 0 Å². The highest BCUT2D eigenvalue weighted by atomic mass is 16.3. The molecule has 0 spiro atoms. The Morgan fingerprint density at radius 1 is 1.44 bits per heavy atom. The van der Waals surface area contributed by atoms with Gasteiger partial charge in [0.2, 0.25) is 0 Å². The highest BCUT2D eigenvalue weighted by molar-refractivity contribution is 5.05. The molecule has 0 aliphatic heterocycles. The van der Waals surface area contributed by atoms with Crippen molar-refractivity contribution in [2.75, 3.05) is 6.61 Å². The maximum absolute atomic E-state index is 9.77. The van der Waals surface area contributed by atoms with Crippen LogP contribution in [-0.2, 0) is 0 Å². The third-order valence-electron chi connectivity index (χ3n) is 4.49. The molecule has 1 aliphatic rings. The van der Waals surface area contributed by atoms with Gasteiger partial charge in [-0.2, -0.15) is 0 Å². The summed E-state index contributed by atoms with van der Waals surface area (Å²) in [5, 5.41) is 9.77. The van der Waals surface area contributed by atoms with Crippen LogP contribution in [0.4, 0.5) is 0 Å². The van der Waals surface area contributed by atoms with E-state index < -0.39 is 0 Å². The molecule has 18 heavy (non-hydrogen) atoms. The third kappa shape index (κ3) is 4.28. The van der Waals surface area contributed by atoms with E-state index in [1.54, 1.807) is 0 Å². The fraction of sp³-hybridized carbons (Fsp3) is 0.765. The van der Waals surface area contributed by atoms with Gasteiger partial charge in [-0.25, -0.2) is 0 Å². The minimum absolute atomic E-state index is 0.206. The summed E-state index contributed by atoms with van der Waals surface area (Å²) in [4.78, 5) is 0. The molecule has 0 fully saturated rings. The molecule has 0 saturated carbocycles. The average Bonchev–Trinajstić information content (AvgIpc) is 2.29. The quantitative estimate of drug-likeness (QED) is 0.676. The van der Waals surface area contributed by atoms with E-state index in [1.165, 1.54) is 31.3 Å². The van der Waals surface area contributed by atoms with Crippen LogP contribution < -0.4 is 0 Å². The van der Waals surface area contributed by atoms with Crippen molar-refractivity contribution in [1.82, 2.24) is 0 Å². The van der Waals surface area contributed by atoms with Gasteiger partial charge in [-0.05, 0) is 63.2 Å². The molecule has 1 aliphatic carbocycles. The van der Waals surface area contributed by atoms with Gasteiger partial charge in [0.05, 0.1) is 0 Å². The SMILES string of the molecule is CC(C)=CCC[C@@H](C)[C@@H](CO)[C@]1(C)C=CCCC1. The van der Waals surface area contributed by atoms with Crippen LogP contribution in [-0.4, -0.2) is 11.7 Å². The summed E-state index contributed by atoms with van der Waals surface area (Å²) in [7, 11) is 0. The molecule has 0 saturated heterocycles. The molecule has 0 aromatic heterocycles. The molecule has 1 nitrogen and oxygen atoms in total. The first kappa shape index (κ1) is 15.5. The Kier molecular flexibility index (Phi) is 6.14. The third-order valence-corrected chi connectivity index (χ3v) is 4.49. The number of aliphatic hydroxyl groups excluding tert-OH is 1. The van der Waals surface area contributed by atoms with Crippen LogP contribution in [0.2, 0.25) is 0 Å². The Hall–Kier alpha value is -0.560. The van der Waals surface area contributed by atoms with Crippen molar-refractivity contribution in [3.8, 4) is 0 Å². The summed E-state index contributed by atoms with van der Waals surface area (Å²) in [5.74, 6) is 0.984. The van der Waals surface area contributed by atoms with E-state index in [0.717, 1.165) is 6.42 Å². The molecule has 3 atom stereocenters. The molecular weight excluding hydrogens is 220 g/mol. The van der Waals surface area contributed by atoms with Gasteiger partial charge in [-0.3, -0.25) is 0 Å². The minimum Gasteiger partial charge on any atom is -0.396 e. The summed E-state index contributed by atoms with van der Waals surface area (Å²) in [5.41, 5.74) is 1.60. The molecule has 0 heterocycles. The minimum atomic E-state index is 0.206. The first-order valence-electron chi connectivity index (χ1n) is 7.41. The maximum Gasteiger partial charge on any atom is 0.0470 e. The molecule has 104 valence electrons. The van der Waals surface area contributed by atoms with Crippen molar-refractivity contribution in [3.05, 3.63) is 23.8 Å². The Bertz CT molecular complexity index is 299. The number of aliphatic hydroxyl groups is 1. The van der Waals surface area contributed by atoms with Gasteiger partial charge in [-0.15, -0.1) is 0 Å². The number of rotatable bonds is 6. The van der Waals surface area contributed by atoms with Gasteiger partial charge in [0, 0.05) is 6.61 Å². The number of hydrogen-bond donors (Lipinski definition) is 1. The molecule has 0 aromatic rings. The highest BCUT2D eigenvalue weighted by Crippen LogP contribution is 2.42. The van der Waals surface area contributed by atoms with Gasteiger partial charge in [0.15, 0.2) is 0 Å². The van der Waals surface area contributed by atoms with Crippen LogP contribution >= 0.6 is 0 Å². The Morgan fingerprint density at radius 3 is 2.67 bits per heavy atom. The Labute approximate surface area is 113 Å². The predicted octanol–water partition coefficient (Wildman–Crippen LogP) is 4.72. The van der Waals surface area contributed by atoms with Crippen molar-refractivity contribution >= 4 is 0 Å². The lowest BCUT2D eigenvalue weighted by Gasteiger charge is -2.40. The fourth-order valence-electron chi connectivity index (χ4n) is 3.22. The van der Waals surface area contributed by atoms with Crippen LogP contribution in [0.5, 0.6) is 0 Å². The molecule has 0 radical (unpaired) electrons. The first-order chi connectivity index (χ1) is 8.49. The largest absolute Gasteiger partial charge is 0.396 e. The topological polar surface area (TPSA) is 20.2 Å². The van der Waals surface area contributed by atoms with Gasteiger partial charge in [-0.1, -0.05) is 37.6 Å². The van der Waals surface area contributed by atoms with Gasteiger partial charge < -0.3 is 5.11 Å². The number of allylic oxidation sites excluding steroid dienone is 4. The van der Waals surface area contributed by atoms with Crippen molar-refractivity contribution in [3.63, 3.8) is 0 Å². The summed E-state index contributed by atoms with van der Waals surface area (Å²) in [6, 6.07) is 0. The van der Waals surface area contributed by atoms with Gasteiger partial charge in [0.25, 0.3) is 0 Å². The van der Waals surface area contributed by atoms with E-state index >= 15 is 0 Å². The molecule has 1 N–H and O–H groups in total. The van der Waals surface area contributed by atoms with E-state index in [2.05, 4.69) is 45.9 Å². The molecule has 1 rings (SSSR count). The zero-order valence-electron chi connectivity index (χ0n) is 12.6. The molecule has 0 amide bonds. The second-order valence-corrected chi connectivity index (χ2v) is 6.43. The monoisotopic (exact) mass is 250 g/mol. The van der Waals surface area contributed by atoms with E-state index in [-0.39, 0.29) is 5.41 Å². The lowest BCUT2D eigenvalue weighted by molar-refractivity contribution is 0.0784. The van der Waals surface area contributed by atoms with E-state index in [9.17, 15) is 5.11 Å². The summed E-state index contributed by atoms with van der Waals surface area (Å²) in [6.45, 7) is 9.24. The Balaban J connectivity index is 2.61. The number of hydrogen-bond acceptors (Lipinski definition) is 1. The lowest BCUT2D eigenvalue weighted by Crippen LogP contribution is -2.34. The molecule has 0 aromatic carbocycles. The van der Waals surface area contributed by atoms with Crippen molar-refractivity contribution < 1.29 is 5.11 Å². The Morgan fingerprint density at radius 2 is 2.17 bits per heavy atom. The molecule has 0 bridgehead atoms. The smallest absolute Gasteiger partial charge is 0.0470 e. The second-order valence-electron chi connectivity index (χ2n) is 6.43.